The largest absolute Gasteiger partial charge is 0.463 e. The van der Waals surface area contributed by atoms with Crippen molar-refractivity contribution in [2.75, 3.05) is 20.0 Å². The molecule has 0 unspecified atom stereocenters. The molecular weight excluding hydrogens is 516 g/mol. The molecule has 0 saturated heterocycles. The van der Waals surface area contributed by atoms with Crippen LogP contribution in [0, 0.1) is 0 Å². The number of benzene rings is 1. The van der Waals surface area contributed by atoms with Crippen LogP contribution in [0.2, 0.25) is 5.02 Å². The van der Waals surface area contributed by atoms with E-state index in [2.05, 4.69) is 6.92 Å². The monoisotopic (exact) mass is 548 g/mol. The van der Waals surface area contributed by atoms with Crippen molar-refractivity contribution >= 4 is 35.3 Å². The van der Waals surface area contributed by atoms with Crippen molar-refractivity contribution in [1.82, 2.24) is 9.55 Å². The zero-order chi connectivity index (χ0) is 26.4. The van der Waals surface area contributed by atoms with Crippen molar-refractivity contribution in [3.8, 4) is 11.5 Å². The van der Waals surface area contributed by atoms with E-state index in [0.29, 0.717) is 46.8 Å². The molecule has 10 heteroatoms. The number of imidazole rings is 1. The lowest BCUT2D eigenvalue weighted by molar-refractivity contribution is -0.137. The molecule has 1 saturated carbocycles. The smallest absolute Gasteiger partial charge is 0.357 e. The number of esters is 2. The maximum Gasteiger partial charge on any atom is 0.357 e. The summed E-state index contributed by atoms with van der Waals surface area (Å²) in [5.41, 5.74) is 2.38. The fourth-order valence-corrected chi connectivity index (χ4v) is 5.99. The normalized spacial score (nSPS) is 16.5. The van der Waals surface area contributed by atoms with Crippen molar-refractivity contribution in [2.45, 2.75) is 76.1 Å². The Labute approximate surface area is 226 Å². The minimum absolute atomic E-state index is 0.161. The summed E-state index contributed by atoms with van der Waals surface area (Å²) < 4.78 is 23.4. The molecule has 1 fully saturated rings. The summed E-state index contributed by atoms with van der Waals surface area (Å²) in [6, 6.07) is 3.61. The summed E-state index contributed by atoms with van der Waals surface area (Å²) in [7, 11) is 0. The highest BCUT2D eigenvalue weighted by molar-refractivity contribution is 7.99. The molecule has 0 bridgehead atoms. The molecule has 0 amide bonds. The third-order valence-electron chi connectivity index (χ3n) is 6.29. The Bertz CT molecular complexity index is 1170. The molecule has 1 aliphatic carbocycles. The molecule has 2 aliphatic rings. The maximum atomic E-state index is 13.2. The van der Waals surface area contributed by atoms with Crippen LogP contribution in [-0.2, 0) is 27.2 Å². The number of allylic oxidation sites excluding steroid dienone is 1. The second-order valence-electron chi connectivity index (χ2n) is 8.91. The second-order valence-corrected chi connectivity index (χ2v) is 10.6. The topological polar surface area (TPSA) is 88.9 Å². The first-order chi connectivity index (χ1) is 17.9. The molecule has 200 valence electrons. The van der Waals surface area contributed by atoms with Crippen LogP contribution in [-0.4, -0.2) is 46.7 Å². The van der Waals surface area contributed by atoms with Crippen molar-refractivity contribution in [2.24, 2.45) is 0 Å². The van der Waals surface area contributed by atoms with E-state index in [9.17, 15) is 9.59 Å². The second kappa shape index (κ2) is 12.7. The van der Waals surface area contributed by atoms with Crippen molar-refractivity contribution in [1.29, 1.82) is 0 Å². The minimum Gasteiger partial charge on any atom is -0.463 e. The fourth-order valence-electron chi connectivity index (χ4n) is 4.52. The van der Waals surface area contributed by atoms with Gasteiger partial charge in [-0.15, -0.1) is 11.8 Å². The number of nitrogens with zero attached hydrogens (tertiary/aromatic N) is 2. The zero-order valence-electron chi connectivity index (χ0n) is 21.5. The number of rotatable bonds is 10. The van der Waals surface area contributed by atoms with Crippen molar-refractivity contribution in [3.05, 3.63) is 45.9 Å². The number of hydrogen-bond donors (Lipinski definition) is 0. The molecule has 0 atom stereocenters. The van der Waals surface area contributed by atoms with Gasteiger partial charge in [-0.25, -0.2) is 14.6 Å². The van der Waals surface area contributed by atoms with Gasteiger partial charge in [0.25, 0.3) is 0 Å². The standard InChI is InChI=1S/C27H33ClN2O6S/c1-4-7-23-29-26(37-19-10-8-17(9-11-19)12-24(31)33-5-2)25(27(32)34-6-3)30(23)15-18-13-21-22(14-20(18)28)36-16-35-21/h12-14,19H,4-11,15-16H2,1-3H3. The van der Waals surface area contributed by atoms with E-state index < -0.39 is 5.97 Å². The SMILES string of the molecule is CCCc1nc(SC2CCC(=CC(=O)OCC)CC2)c(C(=O)OCC)n1Cc1cc2c(cc1Cl)OCO2. The molecule has 0 spiro atoms. The molecule has 0 radical (unpaired) electrons. The first kappa shape index (κ1) is 27.4. The average molecular weight is 549 g/mol. The van der Waals surface area contributed by atoms with Crippen LogP contribution in [0.15, 0.2) is 28.8 Å². The number of fused-ring (bicyclic) bond motifs is 1. The quantitative estimate of drug-likeness (QED) is 0.265. The summed E-state index contributed by atoms with van der Waals surface area (Å²) in [6.45, 7) is 6.86. The number of carbonyl (C=O) groups is 2. The third-order valence-corrected chi connectivity index (χ3v) is 7.95. The van der Waals surface area contributed by atoms with E-state index in [4.69, 9.17) is 35.5 Å². The summed E-state index contributed by atoms with van der Waals surface area (Å²) in [4.78, 5) is 29.9. The van der Waals surface area contributed by atoms with Gasteiger partial charge >= 0.3 is 11.9 Å². The van der Waals surface area contributed by atoms with E-state index in [-0.39, 0.29) is 24.6 Å². The van der Waals surface area contributed by atoms with Crippen LogP contribution in [0.3, 0.4) is 0 Å². The molecule has 1 aliphatic heterocycles. The van der Waals surface area contributed by atoms with Gasteiger partial charge < -0.3 is 23.5 Å². The summed E-state index contributed by atoms with van der Waals surface area (Å²) >= 11 is 8.20. The number of aryl methyl sites for hydroxylation is 1. The van der Waals surface area contributed by atoms with Gasteiger partial charge in [0.1, 0.15) is 10.9 Å². The Morgan fingerprint density at radius 2 is 1.84 bits per heavy atom. The number of halogens is 1. The Morgan fingerprint density at radius 3 is 2.51 bits per heavy atom. The highest BCUT2D eigenvalue weighted by Crippen LogP contribution is 2.40. The van der Waals surface area contributed by atoms with Gasteiger partial charge in [0, 0.05) is 28.8 Å². The van der Waals surface area contributed by atoms with Crippen molar-refractivity contribution in [3.63, 3.8) is 0 Å². The average Bonchev–Trinajstić information content (AvgIpc) is 3.45. The lowest BCUT2D eigenvalue weighted by Crippen LogP contribution is -2.17. The summed E-state index contributed by atoms with van der Waals surface area (Å²) in [5, 5.41) is 1.50. The molecule has 37 heavy (non-hydrogen) atoms. The molecule has 1 aromatic heterocycles. The van der Waals surface area contributed by atoms with Gasteiger partial charge in [0.05, 0.1) is 19.8 Å². The van der Waals surface area contributed by atoms with Crippen LogP contribution in [0.1, 0.15) is 74.8 Å². The van der Waals surface area contributed by atoms with Gasteiger partial charge in [-0.2, -0.15) is 0 Å². The van der Waals surface area contributed by atoms with E-state index >= 15 is 0 Å². The molecule has 2 aromatic rings. The third kappa shape index (κ3) is 6.62. The highest BCUT2D eigenvalue weighted by atomic mass is 35.5. The number of aromatic nitrogens is 2. The lowest BCUT2D eigenvalue weighted by atomic mass is 9.94. The number of thioether (sulfide) groups is 1. The molecule has 4 rings (SSSR count). The Balaban J connectivity index is 1.60. The molecular formula is C27H33ClN2O6S. The maximum absolute atomic E-state index is 13.2. The Kier molecular flexibility index (Phi) is 9.43. The van der Waals surface area contributed by atoms with Crippen LogP contribution in [0.4, 0.5) is 0 Å². The number of ether oxygens (including phenoxy) is 4. The van der Waals surface area contributed by atoms with E-state index in [0.717, 1.165) is 49.1 Å². The molecule has 8 nitrogen and oxygen atoms in total. The van der Waals surface area contributed by atoms with Crippen LogP contribution in [0.25, 0.3) is 0 Å². The molecule has 1 aromatic carbocycles. The van der Waals surface area contributed by atoms with E-state index in [1.54, 1.807) is 37.8 Å². The van der Waals surface area contributed by atoms with Crippen molar-refractivity contribution < 1.29 is 28.5 Å². The Hall–Kier alpha value is -2.65. The fraction of sp³-hybridized carbons (Fsp3) is 0.519. The lowest BCUT2D eigenvalue weighted by Gasteiger charge is -2.23. The minimum atomic E-state index is -0.393. The predicted molar refractivity (Wildman–Crippen MR) is 142 cm³/mol. The van der Waals surface area contributed by atoms with Gasteiger partial charge in [0.2, 0.25) is 6.79 Å². The van der Waals surface area contributed by atoms with Gasteiger partial charge in [-0.1, -0.05) is 24.1 Å². The van der Waals surface area contributed by atoms with Crippen LogP contribution in [0.5, 0.6) is 11.5 Å². The Morgan fingerprint density at radius 1 is 1.14 bits per heavy atom. The predicted octanol–water partition coefficient (Wildman–Crippen LogP) is 5.97. The molecule has 0 N–H and O–H groups in total. The first-order valence-electron chi connectivity index (χ1n) is 12.8. The van der Waals surface area contributed by atoms with Gasteiger partial charge in [-0.05, 0) is 57.6 Å². The highest BCUT2D eigenvalue weighted by Gasteiger charge is 2.29. The first-order valence-corrected chi connectivity index (χ1v) is 14.1. The van der Waals surface area contributed by atoms with E-state index in [1.165, 1.54) is 0 Å². The van der Waals surface area contributed by atoms with Gasteiger partial charge in [0.15, 0.2) is 17.2 Å². The zero-order valence-corrected chi connectivity index (χ0v) is 23.1. The summed E-state index contributed by atoms with van der Waals surface area (Å²) in [6.07, 6.45) is 6.64. The van der Waals surface area contributed by atoms with Crippen LogP contribution >= 0.6 is 23.4 Å². The number of hydrogen-bond acceptors (Lipinski definition) is 8. The van der Waals surface area contributed by atoms with Crippen LogP contribution < -0.4 is 9.47 Å². The van der Waals surface area contributed by atoms with E-state index in [1.807, 2.05) is 10.6 Å². The van der Waals surface area contributed by atoms with Gasteiger partial charge in [-0.3, -0.25) is 0 Å². The molecule has 2 heterocycles. The summed E-state index contributed by atoms with van der Waals surface area (Å²) in [5.74, 6) is 1.40. The number of carbonyl (C=O) groups excluding carboxylic acids is 2.